The summed E-state index contributed by atoms with van der Waals surface area (Å²) in [7, 11) is 0. The van der Waals surface area contributed by atoms with Crippen LogP contribution in [-0.2, 0) is 0 Å². The summed E-state index contributed by atoms with van der Waals surface area (Å²) >= 11 is 0. The van der Waals surface area contributed by atoms with Gasteiger partial charge >= 0.3 is 0 Å². The molecule has 138 valence electrons. The number of fused-ring (bicyclic) bond motifs is 5. The number of hydrogen-bond acceptors (Lipinski definition) is 3. The van der Waals surface area contributed by atoms with E-state index in [4.69, 9.17) is 0 Å². The van der Waals surface area contributed by atoms with E-state index in [1.807, 2.05) is 0 Å². The predicted molar refractivity (Wildman–Crippen MR) is 94.3 cm³/mol. The van der Waals surface area contributed by atoms with E-state index >= 15 is 0 Å². The molecule has 0 radical (unpaired) electrons. The van der Waals surface area contributed by atoms with E-state index < -0.39 is 5.60 Å². The molecule has 1 unspecified atom stereocenters. The lowest BCUT2D eigenvalue weighted by atomic mass is 9.43. The minimum Gasteiger partial charge on any atom is -0.396 e. The summed E-state index contributed by atoms with van der Waals surface area (Å²) in [4.78, 5) is 0. The molecule has 0 aromatic carbocycles. The van der Waals surface area contributed by atoms with Gasteiger partial charge in [-0.05, 0) is 92.8 Å². The zero-order valence-electron chi connectivity index (χ0n) is 15.7. The van der Waals surface area contributed by atoms with E-state index in [0.717, 1.165) is 31.6 Å². The van der Waals surface area contributed by atoms with Crippen molar-refractivity contribution in [3.63, 3.8) is 0 Å². The van der Waals surface area contributed by atoms with E-state index in [2.05, 4.69) is 20.8 Å². The maximum absolute atomic E-state index is 11.0. The second-order valence-electron chi connectivity index (χ2n) is 10.4. The van der Waals surface area contributed by atoms with Gasteiger partial charge in [-0.1, -0.05) is 13.8 Å². The van der Waals surface area contributed by atoms with Gasteiger partial charge in [0.15, 0.2) is 0 Å². The second kappa shape index (κ2) is 5.44. The van der Waals surface area contributed by atoms with Crippen LogP contribution in [0.25, 0.3) is 0 Å². The summed E-state index contributed by atoms with van der Waals surface area (Å²) in [5, 5.41) is 31.1. The molecular weight excluding hydrogens is 300 g/mol. The highest BCUT2D eigenvalue weighted by Gasteiger charge is 2.63. The smallest absolute Gasteiger partial charge is 0.0675 e. The molecule has 3 nitrogen and oxygen atoms in total. The highest BCUT2D eigenvalue weighted by Crippen LogP contribution is 2.68. The van der Waals surface area contributed by atoms with Crippen LogP contribution in [0.1, 0.15) is 72.1 Å². The lowest BCUT2D eigenvalue weighted by molar-refractivity contribution is -0.166. The minimum atomic E-state index is -0.503. The van der Waals surface area contributed by atoms with Gasteiger partial charge in [0.05, 0.1) is 11.7 Å². The molecule has 4 fully saturated rings. The summed E-state index contributed by atoms with van der Waals surface area (Å²) in [5.41, 5.74) is -0.149. The number of hydrogen-bond donors (Lipinski definition) is 3. The highest BCUT2D eigenvalue weighted by atomic mass is 16.3. The van der Waals surface area contributed by atoms with E-state index in [0.29, 0.717) is 17.8 Å². The lowest BCUT2D eigenvalue weighted by Crippen LogP contribution is -2.57. The van der Waals surface area contributed by atoms with E-state index in [9.17, 15) is 15.3 Å². The Bertz CT molecular complexity index is 503. The van der Waals surface area contributed by atoms with Crippen LogP contribution in [0.3, 0.4) is 0 Å². The first-order valence-electron chi connectivity index (χ1n) is 10.2. The topological polar surface area (TPSA) is 60.7 Å². The molecule has 0 spiro atoms. The van der Waals surface area contributed by atoms with Crippen molar-refractivity contribution in [2.75, 3.05) is 6.61 Å². The van der Waals surface area contributed by atoms with Crippen molar-refractivity contribution in [2.45, 2.75) is 83.8 Å². The maximum Gasteiger partial charge on any atom is 0.0675 e. The zero-order valence-corrected chi connectivity index (χ0v) is 15.7. The van der Waals surface area contributed by atoms with Gasteiger partial charge < -0.3 is 15.3 Å². The average Bonchev–Trinajstić information content (AvgIpc) is 2.77. The molecule has 0 bridgehead atoms. The molecule has 0 amide bonds. The lowest BCUT2D eigenvalue weighted by Gasteiger charge is -2.62. The summed E-state index contributed by atoms with van der Waals surface area (Å²) < 4.78 is 0. The van der Waals surface area contributed by atoms with Crippen LogP contribution in [0.2, 0.25) is 0 Å². The van der Waals surface area contributed by atoms with Gasteiger partial charge in [0, 0.05) is 12.5 Å². The molecule has 0 saturated heterocycles. The number of aliphatic hydroxyl groups excluding tert-OH is 2. The van der Waals surface area contributed by atoms with Crippen molar-refractivity contribution in [1.29, 1.82) is 0 Å². The fourth-order valence-electron chi connectivity index (χ4n) is 7.85. The molecule has 0 aromatic rings. The van der Waals surface area contributed by atoms with Crippen LogP contribution in [0.5, 0.6) is 0 Å². The maximum atomic E-state index is 11.0. The molecule has 24 heavy (non-hydrogen) atoms. The molecule has 4 rings (SSSR count). The molecule has 0 heterocycles. The van der Waals surface area contributed by atoms with Gasteiger partial charge in [-0.2, -0.15) is 0 Å². The third-order valence-corrected chi connectivity index (χ3v) is 9.63. The highest BCUT2D eigenvalue weighted by molar-refractivity contribution is 5.13. The van der Waals surface area contributed by atoms with Crippen LogP contribution in [0, 0.1) is 40.4 Å². The molecule has 4 aliphatic rings. The first-order valence-corrected chi connectivity index (χ1v) is 10.2. The summed E-state index contributed by atoms with van der Waals surface area (Å²) in [6.07, 6.45) is 8.54. The molecule has 0 aromatic heterocycles. The first kappa shape index (κ1) is 17.3. The van der Waals surface area contributed by atoms with Crippen LogP contribution < -0.4 is 0 Å². The monoisotopic (exact) mass is 336 g/mol. The fraction of sp³-hybridized carbons (Fsp3) is 1.00. The van der Waals surface area contributed by atoms with Gasteiger partial charge in [0.2, 0.25) is 0 Å². The van der Waals surface area contributed by atoms with Crippen LogP contribution in [0.15, 0.2) is 0 Å². The van der Waals surface area contributed by atoms with Crippen molar-refractivity contribution in [3.8, 4) is 0 Å². The Morgan fingerprint density at radius 3 is 2.38 bits per heavy atom. The van der Waals surface area contributed by atoms with Gasteiger partial charge in [-0.3, -0.25) is 0 Å². The Hall–Kier alpha value is -0.120. The van der Waals surface area contributed by atoms with Gasteiger partial charge in [0.1, 0.15) is 0 Å². The summed E-state index contributed by atoms with van der Waals surface area (Å²) in [6, 6.07) is 0. The normalized spacial score (nSPS) is 60.2. The van der Waals surface area contributed by atoms with Crippen molar-refractivity contribution in [3.05, 3.63) is 0 Å². The molecule has 4 saturated carbocycles. The average molecular weight is 337 g/mol. The standard InChI is InChI=1S/C21H36O3/c1-19-11-13(12-22)18(23)10-14(19)4-5-15-16(19)6-8-20(2)17(15)7-9-21(20,3)24/h13-18,22-24H,4-12H2,1-3H3/t13?,14-,15+,16-,17-,18-,19-,20-,21-/m0/s1. The van der Waals surface area contributed by atoms with E-state index in [1.165, 1.54) is 25.7 Å². The Balaban J connectivity index is 1.63. The van der Waals surface area contributed by atoms with Crippen molar-refractivity contribution in [2.24, 2.45) is 40.4 Å². The summed E-state index contributed by atoms with van der Waals surface area (Å²) in [6.45, 7) is 6.99. The zero-order chi connectivity index (χ0) is 17.3. The van der Waals surface area contributed by atoms with Crippen molar-refractivity contribution in [1.82, 2.24) is 0 Å². The quantitative estimate of drug-likeness (QED) is 0.688. The fourth-order valence-corrected chi connectivity index (χ4v) is 7.85. The van der Waals surface area contributed by atoms with Crippen molar-refractivity contribution >= 4 is 0 Å². The van der Waals surface area contributed by atoms with Gasteiger partial charge in [-0.25, -0.2) is 0 Å². The Kier molecular flexibility index (Phi) is 3.92. The Morgan fingerprint density at radius 2 is 1.67 bits per heavy atom. The van der Waals surface area contributed by atoms with E-state index in [1.54, 1.807) is 0 Å². The first-order chi connectivity index (χ1) is 11.2. The second-order valence-corrected chi connectivity index (χ2v) is 10.4. The van der Waals surface area contributed by atoms with Gasteiger partial charge in [-0.15, -0.1) is 0 Å². The van der Waals surface area contributed by atoms with Crippen LogP contribution >= 0.6 is 0 Å². The van der Waals surface area contributed by atoms with Crippen LogP contribution in [0.4, 0.5) is 0 Å². The predicted octanol–water partition coefficient (Wildman–Crippen LogP) is 3.36. The molecular formula is C21H36O3. The Labute approximate surface area is 146 Å². The van der Waals surface area contributed by atoms with Crippen LogP contribution in [-0.4, -0.2) is 33.6 Å². The van der Waals surface area contributed by atoms with Crippen molar-refractivity contribution < 1.29 is 15.3 Å². The summed E-state index contributed by atoms with van der Waals surface area (Å²) in [5.74, 6) is 2.77. The SMILES string of the molecule is C[C@]12CC(CO)[C@@H](O)C[C@@H]1CC[C@@H]1[C@@H]2CC[C@@]2(C)[C@H]1CC[C@]2(C)O. The molecule has 3 N–H and O–H groups in total. The number of rotatable bonds is 1. The largest absolute Gasteiger partial charge is 0.396 e. The third kappa shape index (κ3) is 2.13. The molecule has 3 heteroatoms. The number of aliphatic hydroxyl groups is 3. The molecule has 0 aliphatic heterocycles. The van der Waals surface area contributed by atoms with Gasteiger partial charge in [0.25, 0.3) is 0 Å². The minimum absolute atomic E-state index is 0.0602. The molecule has 4 aliphatic carbocycles. The Morgan fingerprint density at radius 1 is 0.958 bits per heavy atom. The third-order valence-electron chi connectivity index (χ3n) is 9.63. The molecule has 9 atom stereocenters. The van der Waals surface area contributed by atoms with E-state index in [-0.39, 0.29) is 29.5 Å².